The summed E-state index contributed by atoms with van der Waals surface area (Å²) < 4.78 is 0. The van der Waals surface area contributed by atoms with Crippen molar-refractivity contribution in [3.8, 4) is 0 Å². The van der Waals surface area contributed by atoms with E-state index in [0.717, 1.165) is 12.8 Å². The lowest BCUT2D eigenvalue weighted by Gasteiger charge is -2.22. The van der Waals surface area contributed by atoms with Crippen LogP contribution in [-0.2, 0) is 11.2 Å². The third-order valence-corrected chi connectivity index (χ3v) is 3.11. The number of benzene rings is 1. The number of carbonyl (C=O) groups excluding carboxylic acids is 1. The lowest BCUT2D eigenvalue weighted by molar-refractivity contribution is -0.126. The van der Waals surface area contributed by atoms with Crippen molar-refractivity contribution in [3.05, 3.63) is 35.4 Å². The van der Waals surface area contributed by atoms with Crippen LogP contribution in [0.4, 0.5) is 0 Å². The van der Waals surface area contributed by atoms with Crippen molar-refractivity contribution < 1.29 is 4.79 Å². The molecule has 0 aliphatic heterocycles. The minimum Gasteiger partial charge on any atom is -0.354 e. The van der Waals surface area contributed by atoms with Gasteiger partial charge in [-0.3, -0.25) is 4.79 Å². The molecule has 0 saturated carbocycles. The van der Waals surface area contributed by atoms with Gasteiger partial charge in [-0.05, 0) is 32.3 Å². The van der Waals surface area contributed by atoms with Crippen molar-refractivity contribution >= 4 is 5.91 Å². The van der Waals surface area contributed by atoms with Gasteiger partial charge >= 0.3 is 0 Å². The lowest BCUT2D eigenvalue weighted by atomic mass is 9.96. The van der Waals surface area contributed by atoms with Gasteiger partial charge in [0.15, 0.2) is 0 Å². The Morgan fingerprint density at radius 1 is 1.33 bits per heavy atom. The average molecular weight is 248 g/mol. The molecule has 0 bridgehead atoms. The minimum absolute atomic E-state index is 0.0588. The molecule has 1 aromatic rings. The van der Waals surface area contributed by atoms with Gasteiger partial charge in [-0.1, -0.05) is 43.2 Å². The standard InChI is InChI=1S/C15H24N2O/c1-4-10-15(3,16)14(18)17-11-9-13-7-5-12(2)6-8-13/h5-8H,4,9-11,16H2,1-3H3,(H,17,18). The van der Waals surface area contributed by atoms with Crippen LogP contribution in [0.15, 0.2) is 24.3 Å². The molecular formula is C15H24N2O. The smallest absolute Gasteiger partial charge is 0.239 e. The van der Waals surface area contributed by atoms with Crippen molar-refractivity contribution in [1.82, 2.24) is 5.32 Å². The Balaban J connectivity index is 2.37. The van der Waals surface area contributed by atoms with Crippen molar-refractivity contribution in [2.75, 3.05) is 6.54 Å². The maximum absolute atomic E-state index is 11.9. The number of amides is 1. The summed E-state index contributed by atoms with van der Waals surface area (Å²) in [5, 5.41) is 2.91. The maximum atomic E-state index is 11.9. The van der Waals surface area contributed by atoms with Crippen LogP contribution in [-0.4, -0.2) is 18.0 Å². The van der Waals surface area contributed by atoms with Gasteiger partial charge in [-0.2, -0.15) is 0 Å². The minimum atomic E-state index is -0.748. The van der Waals surface area contributed by atoms with E-state index in [0.29, 0.717) is 13.0 Å². The second-order valence-electron chi connectivity index (χ2n) is 5.16. The van der Waals surface area contributed by atoms with E-state index in [2.05, 4.69) is 36.5 Å². The van der Waals surface area contributed by atoms with Gasteiger partial charge in [0.05, 0.1) is 5.54 Å². The molecule has 1 atom stereocenters. The summed E-state index contributed by atoms with van der Waals surface area (Å²) in [6.45, 7) is 6.52. The molecule has 0 aliphatic carbocycles. The highest BCUT2D eigenvalue weighted by Crippen LogP contribution is 2.08. The Hall–Kier alpha value is -1.35. The topological polar surface area (TPSA) is 55.1 Å². The largest absolute Gasteiger partial charge is 0.354 e. The number of nitrogens with two attached hydrogens (primary N) is 1. The first-order valence-corrected chi connectivity index (χ1v) is 6.58. The monoisotopic (exact) mass is 248 g/mol. The van der Waals surface area contributed by atoms with Crippen LogP contribution in [0.5, 0.6) is 0 Å². The summed E-state index contributed by atoms with van der Waals surface area (Å²) >= 11 is 0. The summed E-state index contributed by atoms with van der Waals surface area (Å²) in [5.41, 5.74) is 7.69. The van der Waals surface area contributed by atoms with Gasteiger partial charge in [0.1, 0.15) is 0 Å². The fourth-order valence-electron chi connectivity index (χ4n) is 1.91. The molecule has 3 nitrogen and oxygen atoms in total. The summed E-state index contributed by atoms with van der Waals surface area (Å²) in [6, 6.07) is 8.35. The summed E-state index contributed by atoms with van der Waals surface area (Å²) in [6.07, 6.45) is 2.47. The molecule has 0 aliphatic rings. The van der Waals surface area contributed by atoms with E-state index in [1.807, 2.05) is 6.92 Å². The first kappa shape index (κ1) is 14.7. The van der Waals surface area contributed by atoms with Crippen molar-refractivity contribution in [2.45, 2.75) is 45.6 Å². The van der Waals surface area contributed by atoms with Crippen LogP contribution in [0.1, 0.15) is 37.8 Å². The third-order valence-electron chi connectivity index (χ3n) is 3.11. The van der Waals surface area contributed by atoms with E-state index in [1.165, 1.54) is 11.1 Å². The van der Waals surface area contributed by atoms with Gasteiger partial charge in [0.25, 0.3) is 0 Å². The van der Waals surface area contributed by atoms with Crippen molar-refractivity contribution in [2.24, 2.45) is 5.73 Å². The number of hydrogen-bond donors (Lipinski definition) is 2. The van der Waals surface area contributed by atoms with Crippen molar-refractivity contribution in [3.63, 3.8) is 0 Å². The molecule has 0 spiro atoms. The van der Waals surface area contributed by atoms with Crippen LogP contribution < -0.4 is 11.1 Å². The Kier molecular flexibility index (Phi) is 5.35. The molecule has 3 heteroatoms. The molecule has 0 saturated heterocycles. The highest BCUT2D eigenvalue weighted by molar-refractivity contribution is 5.85. The van der Waals surface area contributed by atoms with E-state index in [-0.39, 0.29) is 5.91 Å². The Bertz CT molecular complexity index is 382. The molecule has 0 heterocycles. The molecule has 18 heavy (non-hydrogen) atoms. The van der Waals surface area contributed by atoms with E-state index < -0.39 is 5.54 Å². The predicted octanol–water partition coefficient (Wildman–Crippen LogP) is 2.17. The van der Waals surface area contributed by atoms with Crippen LogP contribution in [0.2, 0.25) is 0 Å². The molecule has 1 aromatic carbocycles. The maximum Gasteiger partial charge on any atom is 0.239 e. The molecule has 3 N–H and O–H groups in total. The van der Waals surface area contributed by atoms with Crippen LogP contribution in [0.25, 0.3) is 0 Å². The normalized spacial score (nSPS) is 14.0. The van der Waals surface area contributed by atoms with Gasteiger partial charge in [-0.15, -0.1) is 0 Å². The number of rotatable bonds is 6. The quantitative estimate of drug-likeness (QED) is 0.810. The van der Waals surface area contributed by atoms with E-state index in [1.54, 1.807) is 6.92 Å². The Labute approximate surface area is 110 Å². The molecule has 0 aromatic heterocycles. The van der Waals surface area contributed by atoms with Crippen molar-refractivity contribution in [1.29, 1.82) is 0 Å². The predicted molar refractivity (Wildman–Crippen MR) is 75.4 cm³/mol. The van der Waals surface area contributed by atoms with Crippen LogP contribution in [0, 0.1) is 6.92 Å². The Morgan fingerprint density at radius 3 is 2.50 bits per heavy atom. The molecule has 1 unspecified atom stereocenters. The van der Waals surface area contributed by atoms with E-state index in [9.17, 15) is 4.79 Å². The summed E-state index contributed by atoms with van der Waals surface area (Å²) in [4.78, 5) is 11.9. The average Bonchev–Trinajstić information content (AvgIpc) is 2.31. The lowest BCUT2D eigenvalue weighted by Crippen LogP contribution is -2.51. The van der Waals surface area contributed by atoms with Crippen LogP contribution in [0.3, 0.4) is 0 Å². The summed E-state index contributed by atoms with van der Waals surface area (Å²) in [7, 11) is 0. The number of hydrogen-bond acceptors (Lipinski definition) is 2. The number of carbonyl (C=O) groups is 1. The zero-order valence-corrected chi connectivity index (χ0v) is 11.6. The molecule has 100 valence electrons. The van der Waals surface area contributed by atoms with Gasteiger partial charge in [0, 0.05) is 6.54 Å². The zero-order valence-electron chi connectivity index (χ0n) is 11.6. The van der Waals surface area contributed by atoms with Crippen LogP contribution >= 0.6 is 0 Å². The number of nitrogens with one attached hydrogen (secondary N) is 1. The fourth-order valence-corrected chi connectivity index (χ4v) is 1.91. The zero-order chi connectivity index (χ0) is 13.6. The molecule has 0 fully saturated rings. The second-order valence-corrected chi connectivity index (χ2v) is 5.16. The molecular weight excluding hydrogens is 224 g/mol. The SMILES string of the molecule is CCCC(C)(N)C(=O)NCCc1ccc(C)cc1. The molecule has 1 rings (SSSR count). The summed E-state index contributed by atoms with van der Waals surface area (Å²) in [5.74, 6) is -0.0588. The van der Waals surface area contributed by atoms with E-state index in [4.69, 9.17) is 5.73 Å². The Morgan fingerprint density at radius 2 is 1.94 bits per heavy atom. The van der Waals surface area contributed by atoms with Gasteiger partial charge in [0.2, 0.25) is 5.91 Å². The highest BCUT2D eigenvalue weighted by atomic mass is 16.2. The van der Waals surface area contributed by atoms with Gasteiger partial charge < -0.3 is 11.1 Å². The number of aryl methyl sites for hydroxylation is 1. The first-order chi connectivity index (χ1) is 8.45. The van der Waals surface area contributed by atoms with E-state index >= 15 is 0 Å². The second kappa shape index (κ2) is 6.55. The van der Waals surface area contributed by atoms with Gasteiger partial charge in [-0.25, -0.2) is 0 Å². The molecule has 0 radical (unpaired) electrons. The highest BCUT2D eigenvalue weighted by Gasteiger charge is 2.26. The molecule has 1 amide bonds. The fraction of sp³-hybridized carbons (Fsp3) is 0.533. The third kappa shape index (κ3) is 4.49. The first-order valence-electron chi connectivity index (χ1n) is 6.58.